The fourth-order valence-corrected chi connectivity index (χ4v) is 2.94. The molecule has 0 aliphatic heterocycles. The highest BCUT2D eigenvalue weighted by Crippen LogP contribution is 2.15. The summed E-state index contributed by atoms with van der Waals surface area (Å²) in [5.41, 5.74) is 6.73. The summed E-state index contributed by atoms with van der Waals surface area (Å²) >= 11 is 1.81. The third-order valence-corrected chi connectivity index (χ3v) is 4.15. The van der Waals surface area contributed by atoms with E-state index in [0.29, 0.717) is 29.6 Å². The second-order valence-electron chi connectivity index (χ2n) is 5.58. The van der Waals surface area contributed by atoms with Gasteiger partial charge in [-0.15, -0.1) is 0 Å². The number of primary amides is 1. The lowest BCUT2D eigenvalue weighted by atomic mass is 10.1. The molecule has 118 valence electrons. The average molecular weight is 319 g/mol. The van der Waals surface area contributed by atoms with Gasteiger partial charge in [0.05, 0.1) is 5.75 Å². The maximum absolute atomic E-state index is 11.0. The summed E-state index contributed by atoms with van der Waals surface area (Å²) in [7, 11) is 0. The van der Waals surface area contributed by atoms with Gasteiger partial charge >= 0.3 is 0 Å². The number of amides is 1. The van der Waals surface area contributed by atoms with Crippen LogP contribution in [0.15, 0.2) is 28.8 Å². The molecule has 2 rings (SSSR count). The molecule has 0 saturated carbocycles. The van der Waals surface area contributed by atoms with Crippen LogP contribution in [0.4, 0.5) is 0 Å². The minimum absolute atomic E-state index is 0.424. The zero-order valence-corrected chi connectivity index (χ0v) is 13.7. The molecular weight excluding hydrogens is 298 g/mol. The first-order valence-corrected chi connectivity index (χ1v) is 8.48. The second-order valence-corrected chi connectivity index (χ2v) is 6.68. The number of thioether (sulfide) groups is 1. The van der Waals surface area contributed by atoms with E-state index in [-0.39, 0.29) is 0 Å². The molecule has 2 aromatic rings. The third-order valence-electron chi connectivity index (χ3n) is 3.18. The standard InChI is InChI=1S/C16H21N3O2S/c1-11(2)7-8-22-10-15-18-14(19-21-15)9-12-3-5-13(6-4-12)16(17)20/h3-6,11H,7-10H2,1-2H3,(H2,17,20). The molecule has 0 atom stereocenters. The summed E-state index contributed by atoms with van der Waals surface area (Å²) in [6.07, 6.45) is 1.77. The van der Waals surface area contributed by atoms with E-state index in [1.165, 1.54) is 6.42 Å². The van der Waals surface area contributed by atoms with Crippen LogP contribution in [0.25, 0.3) is 0 Å². The topological polar surface area (TPSA) is 82.0 Å². The molecule has 1 aromatic carbocycles. The molecule has 6 heteroatoms. The van der Waals surface area contributed by atoms with E-state index in [4.69, 9.17) is 10.3 Å². The number of nitrogens with zero attached hydrogens (tertiary/aromatic N) is 2. The van der Waals surface area contributed by atoms with Crippen LogP contribution in [0.1, 0.15) is 47.9 Å². The van der Waals surface area contributed by atoms with Gasteiger partial charge in [-0.05, 0) is 35.8 Å². The predicted molar refractivity (Wildman–Crippen MR) is 87.7 cm³/mol. The number of carbonyl (C=O) groups is 1. The number of carbonyl (C=O) groups excluding carboxylic acids is 1. The Morgan fingerprint density at radius 1 is 1.32 bits per heavy atom. The van der Waals surface area contributed by atoms with Crippen molar-refractivity contribution in [1.82, 2.24) is 10.1 Å². The van der Waals surface area contributed by atoms with Crippen LogP contribution < -0.4 is 5.73 Å². The highest BCUT2D eigenvalue weighted by atomic mass is 32.2. The Labute approximate surface area is 134 Å². The Hall–Kier alpha value is -1.82. The lowest BCUT2D eigenvalue weighted by Crippen LogP contribution is -2.10. The number of hydrogen-bond donors (Lipinski definition) is 1. The summed E-state index contributed by atoms with van der Waals surface area (Å²) in [6.45, 7) is 4.43. The molecule has 0 aliphatic rings. The van der Waals surface area contributed by atoms with E-state index >= 15 is 0 Å². The normalized spacial score (nSPS) is 11.0. The monoisotopic (exact) mass is 319 g/mol. The van der Waals surface area contributed by atoms with Crippen LogP contribution >= 0.6 is 11.8 Å². The van der Waals surface area contributed by atoms with Crippen molar-refractivity contribution in [3.8, 4) is 0 Å². The molecule has 1 heterocycles. The number of benzene rings is 1. The maximum atomic E-state index is 11.0. The van der Waals surface area contributed by atoms with E-state index in [9.17, 15) is 4.79 Å². The minimum atomic E-state index is -0.424. The lowest BCUT2D eigenvalue weighted by Gasteiger charge is -2.01. The molecule has 0 radical (unpaired) electrons. The van der Waals surface area contributed by atoms with Crippen LogP contribution in [-0.4, -0.2) is 21.8 Å². The van der Waals surface area contributed by atoms with E-state index in [1.807, 2.05) is 23.9 Å². The van der Waals surface area contributed by atoms with E-state index < -0.39 is 5.91 Å². The van der Waals surface area contributed by atoms with Gasteiger partial charge in [-0.1, -0.05) is 31.1 Å². The van der Waals surface area contributed by atoms with Crippen molar-refractivity contribution in [2.75, 3.05) is 5.75 Å². The molecule has 0 spiro atoms. The number of rotatable bonds is 8. The Morgan fingerprint density at radius 2 is 2.05 bits per heavy atom. The fraction of sp³-hybridized carbons (Fsp3) is 0.438. The smallest absolute Gasteiger partial charge is 0.248 e. The SMILES string of the molecule is CC(C)CCSCc1nc(Cc2ccc(C(N)=O)cc2)no1. The number of hydrogen-bond acceptors (Lipinski definition) is 5. The van der Waals surface area contributed by atoms with Crippen molar-refractivity contribution in [2.45, 2.75) is 32.4 Å². The van der Waals surface area contributed by atoms with Crippen molar-refractivity contribution in [3.05, 3.63) is 47.1 Å². The van der Waals surface area contributed by atoms with Gasteiger partial charge in [0.2, 0.25) is 11.8 Å². The molecule has 0 aliphatic carbocycles. The molecule has 0 unspecified atom stereocenters. The molecule has 0 saturated heterocycles. The molecule has 0 fully saturated rings. The molecule has 5 nitrogen and oxygen atoms in total. The summed E-state index contributed by atoms with van der Waals surface area (Å²) in [4.78, 5) is 15.4. The largest absolute Gasteiger partial charge is 0.366 e. The van der Waals surface area contributed by atoms with Gasteiger partial charge in [0.15, 0.2) is 5.82 Å². The van der Waals surface area contributed by atoms with Gasteiger partial charge < -0.3 is 10.3 Å². The maximum Gasteiger partial charge on any atom is 0.248 e. The molecule has 1 amide bonds. The van der Waals surface area contributed by atoms with Crippen molar-refractivity contribution < 1.29 is 9.32 Å². The minimum Gasteiger partial charge on any atom is -0.366 e. The summed E-state index contributed by atoms with van der Waals surface area (Å²) < 4.78 is 5.25. The molecule has 22 heavy (non-hydrogen) atoms. The summed E-state index contributed by atoms with van der Waals surface area (Å²) in [6, 6.07) is 7.13. The van der Waals surface area contributed by atoms with Crippen LogP contribution in [-0.2, 0) is 12.2 Å². The van der Waals surface area contributed by atoms with Gasteiger partial charge in [0, 0.05) is 12.0 Å². The first-order valence-electron chi connectivity index (χ1n) is 7.32. The Balaban J connectivity index is 1.85. The fourth-order valence-electron chi connectivity index (χ4n) is 1.87. The molecule has 1 aromatic heterocycles. The first kappa shape index (κ1) is 16.5. The van der Waals surface area contributed by atoms with Crippen molar-refractivity contribution >= 4 is 17.7 Å². The predicted octanol–water partition coefficient (Wildman–Crippen LogP) is 3.04. The van der Waals surface area contributed by atoms with Crippen LogP contribution in [0.5, 0.6) is 0 Å². The first-order chi connectivity index (χ1) is 10.5. The van der Waals surface area contributed by atoms with E-state index in [1.54, 1.807) is 12.1 Å². The zero-order chi connectivity index (χ0) is 15.9. The van der Waals surface area contributed by atoms with Crippen molar-refractivity contribution in [3.63, 3.8) is 0 Å². The van der Waals surface area contributed by atoms with Crippen LogP contribution in [0.2, 0.25) is 0 Å². The van der Waals surface area contributed by atoms with Gasteiger partial charge in [-0.2, -0.15) is 16.7 Å². The van der Waals surface area contributed by atoms with Crippen molar-refractivity contribution in [2.24, 2.45) is 11.7 Å². The Morgan fingerprint density at radius 3 is 2.68 bits per heavy atom. The average Bonchev–Trinajstić information content (AvgIpc) is 2.91. The quantitative estimate of drug-likeness (QED) is 0.756. The third kappa shape index (κ3) is 5.18. The lowest BCUT2D eigenvalue weighted by molar-refractivity contribution is 0.100. The Bertz CT molecular complexity index is 608. The van der Waals surface area contributed by atoms with Crippen LogP contribution in [0.3, 0.4) is 0 Å². The summed E-state index contributed by atoms with van der Waals surface area (Å²) in [5, 5.41) is 3.99. The molecule has 2 N–H and O–H groups in total. The van der Waals surface area contributed by atoms with E-state index in [2.05, 4.69) is 24.0 Å². The molecule has 0 bridgehead atoms. The van der Waals surface area contributed by atoms with Crippen LogP contribution in [0, 0.1) is 5.92 Å². The number of aromatic nitrogens is 2. The van der Waals surface area contributed by atoms with Gasteiger partial charge in [0.1, 0.15) is 0 Å². The highest BCUT2D eigenvalue weighted by molar-refractivity contribution is 7.98. The highest BCUT2D eigenvalue weighted by Gasteiger charge is 2.08. The zero-order valence-electron chi connectivity index (χ0n) is 12.9. The van der Waals surface area contributed by atoms with Crippen molar-refractivity contribution in [1.29, 1.82) is 0 Å². The van der Waals surface area contributed by atoms with Gasteiger partial charge in [0.25, 0.3) is 0 Å². The Kier molecular flexibility index (Phi) is 6.00. The van der Waals surface area contributed by atoms with E-state index in [0.717, 1.165) is 17.1 Å². The molecular formula is C16H21N3O2S. The van der Waals surface area contributed by atoms with Gasteiger partial charge in [-0.25, -0.2) is 0 Å². The van der Waals surface area contributed by atoms with Gasteiger partial charge in [-0.3, -0.25) is 4.79 Å². The second kappa shape index (κ2) is 7.98. The number of nitrogens with two attached hydrogens (primary N) is 1. The summed E-state index contributed by atoms with van der Waals surface area (Å²) in [5.74, 6) is 3.47.